The third kappa shape index (κ3) is 2.24. The Morgan fingerprint density at radius 3 is 2.67 bits per heavy atom. The van der Waals surface area contributed by atoms with E-state index >= 15 is 0 Å². The first-order chi connectivity index (χ1) is 8.29. The molecule has 0 unspecified atom stereocenters. The van der Waals surface area contributed by atoms with Crippen molar-refractivity contribution in [1.29, 1.82) is 0 Å². The summed E-state index contributed by atoms with van der Waals surface area (Å²) in [6, 6.07) is 5.39. The van der Waals surface area contributed by atoms with Gasteiger partial charge in [0, 0.05) is 11.2 Å². The number of carbonyl (C=O) groups is 1. The number of hydrogen-bond donors (Lipinski definition) is 2. The van der Waals surface area contributed by atoms with E-state index in [2.05, 4.69) is 4.98 Å². The molecule has 18 heavy (non-hydrogen) atoms. The summed E-state index contributed by atoms with van der Waals surface area (Å²) in [5.74, 6) is 0. The summed E-state index contributed by atoms with van der Waals surface area (Å²) < 4.78 is 0.926. The second-order valence-corrected chi connectivity index (χ2v) is 6.02. The minimum Gasteiger partial charge on any atom is -0.465 e. The molecule has 0 radical (unpaired) electrons. The highest BCUT2D eigenvalue weighted by Gasteiger charge is 2.30. The molecule has 1 aromatic heterocycles. The van der Waals surface area contributed by atoms with E-state index in [1.807, 2.05) is 26.8 Å². The molecule has 3 N–H and O–H groups in total. The van der Waals surface area contributed by atoms with Gasteiger partial charge in [0.05, 0.1) is 10.2 Å². The van der Waals surface area contributed by atoms with Crippen LogP contribution in [-0.4, -0.2) is 21.7 Å². The summed E-state index contributed by atoms with van der Waals surface area (Å²) in [5, 5.41) is 9.78. The minimum atomic E-state index is -1.01. The number of nitrogens with zero attached hydrogens (tertiary/aromatic N) is 2. The first-order valence-corrected chi connectivity index (χ1v) is 6.30. The summed E-state index contributed by atoms with van der Waals surface area (Å²) in [6.07, 6.45) is -1.01. The van der Waals surface area contributed by atoms with E-state index in [0.717, 1.165) is 10.2 Å². The van der Waals surface area contributed by atoms with Gasteiger partial charge in [0.25, 0.3) is 0 Å². The number of benzene rings is 1. The summed E-state index contributed by atoms with van der Waals surface area (Å²) in [7, 11) is 0. The molecule has 0 aliphatic rings. The van der Waals surface area contributed by atoms with Crippen LogP contribution in [0.1, 0.15) is 20.8 Å². The zero-order chi connectivity index (χ0) is 13.5. The maximum Gasteiger partial charge on any atom is 0.414 e. The molecule has 0 atom stereocenters. The molecule has 1 amide bonds. The average molecular weight is 265 g/mol. The van der Waals surface area contributed by atoms with Crippen LogP contribution in [0.25, 0.3) is 10.2 Å². The van der Waals surface area contributed by atoms with Gasteiger partial charge in [-0.2, -0.15) is 0 Å². The standard InChI is InChI=1S/C12H15N3O2S/c1-12(2,3)15(11(16)17)10-14-8-6-7(13)4-5-9(8)18-10/h4-6H,13H2,1-3H3,(H,16,17). The lowest BCUT2D eigenvalue weighted by molar-refractivity contribution is 0.195. The number of amides is 1. The van der Waals surface area contributed by atoms with Crippen LogP contribution in [0.5, 0.6) is 0 Å². The Kier molecular flexibility index (Phi) is 2.90. The van der Waals surface area contributed by atoms with Crippen molar-refractivity contribution in [3.05, 3.63) is 18.2 Å². The molecule has 6 heteroatoms. The van der Waals surface area contributed by atoms with Crippen LogP contribution >= 0.6 is 11.3 Å². The summed E-state index contributed by atoms with van der Waals surface area (Å²) in [5.41, 5.74) is 6.50. The minimum absolute atomic E-state index is 0.468. The Bertz CT molecular complexity index is 601. The number of nitrogens with two attached hydrogens (primary N) is 1. The van der Waals surface area contributed by atoms with Gasteiger partial charge in [0.1, 0.15) is 0 Å². The van der Waals surface area contributed by atoms with Crippen molar-refractivity contribution in [1.82, 2.24) is 4.98 Å². The maximum absolute atomic E-state index is 11.4. The average Bonchev–Trinajstić information content (AvgIpc) is 2.56. The Morgan fingerprint density at radius 2 is 2.11 bits per heavy atom. The first kappa shape index (κ1) is 12.6. The smallest absolute Gasteiger partial charge is 0.414 e. The third-order valence-corrected chi connectivity index (χ3v) is 3.48. The van der Waals surface area contributed by atoms with E-state index in [0.29, 0.717) is 10.8 Å². The van der Waals surface area contributed by atoms with E-state index in [1.54, 1.807) is 12.1 Å². The molecule has 0 bridgehead atoms. The monoisotopic (exact) mass is 265 g/mol. The number of aromatic nitrogens is 1. The molecule has 96 valence electrons. The summed E-state index contributed by atoms with van der Waals surface area (Å²) in [6.45, 7) is 5.50. The molecular formula is C12H15N3O2S. The number of anilines is 2. The van der Waals surface area contributed by atoms with E-state index in [9.17, 15) is 9.90 Å². The van der Waals surface area contributed by atoms with Gasteiger partial charge in [-0.25, -0.2) is 14.7 Å². The molecular weight excluding hydrogens is 250 g/mol. The highest BCUT2D eigenvalue weighted by Crippen LogP contribution is 2.33. The van der Waals surface area contributed by atoms with Crippen molar-refractivity contribution >= 4 is 38.5 Å². The summed E-state index contributed by atoms with van der Waals surface area (Å²) in [4.78, 5) is 17.0. The van der Waals surface area contributed by atoms with Gasteiger partial charge in [0.2, 0.25) is 0 Å². The van der Waals surface area contributed by atoms with Crippen molar-refractivity contribution in [2.24, 2.45) is 0 Å². The molecule has 2 aromatic rings. The topological polar surface area (TPSA) is 79.5 Å². The summed E-state index contributed by atoms with van der Waals surface area (Å²) >= 11 is 1.35. The molecule has 1 aromatic carbocycles. The van der Waals surface area contributed by atoms with Crippen LogP contribution < -0.4 is 10.6 Å². The Morgan fingerprint density at radius 1 is 1.44 bits per heavy atom. The molecule has 0 spiro atoms. The van der Waals surface area contributed by atoms with Gasteiger partial charge in [0.15, 0.2) is 5.13 Å². The fourth-order valence-corrected chi connectivity index (χ4v) is 2.81. The number of hydrogen-bond acceptors (Lipinski definition) is 4. The second kappa shape index (κ2) is 4.13. The number of fused-ring (bicyclic) bond motifs is 1. The fourth-order valence-electron chi connectivity index (χ4n) is 1.68. The van der Waals surface area contributed by atoms with Crippen molar-refractivity contribution < 1.29 is 9.90 Å². The number of rotatable bonds is 1. The maximum atomic E-state index is 11.4. The Hall–Kier alpha value is -1.82. The van der Waals surface area contributed by atoms with E-state index in [1.165, 1.54) is 16.2 Å². The van der Waals surface area contributed by atoms with E-state index in [-0.39, 0.29) is 0 Å². The molecule has 0 saturated heterocycles. The molecule has 1 heterocycles. The highest BCUT2D eigenvalue weighted by molar-refractivity contribution is 7.22. The largest absolute Gasteiger partial charge is 0.465 e. The molecule has 0 aliphatic heterocycles. The van der Waals surface area contributed by atoms with Crippen LogP contribution in [0.3, 0.4) is 0 Å². The Balaban J connectivity index is 2.55. The predicted molar refractivity (Wildman–Crippen MR) is 74.3 cm³/mol. The molecule has 5 nitrogen and oxygen atoms in total. The lowest BCUT2D eigenvalue weighted by Gasteiger charge is -2.30. The zero-order valence-electron chi connectivity index (χ0n) is 10.5. The van der Waals surface area contributed by atoms with Crippen molar-refractivity contribution in [3.63, 3.8) is 0 Å². The van der Waals surface area contributed by atoms with Crippen LogP contribution in [0, 0.1) is 0 Å². The molecule has 0 aliphatic carbocycles. The second-order valence-electron chi connectivity index (χ2n) is 5.01. The van der Waals surface area contributed by atoms with Crippen molar-refractivity contribution in [3.8, 4) is 0 Å². The number of carboxylic acid groups (broad SMARTS) is 1. The SMILES string of the molecule is CC(C)(C)N(C(=O)O)c1nc2cc(N)ccc2s1. The lowest BCUT2D eigenvalue weighted by Crippen LogP contribution is -2.45. The number of nitrogen functional groups attached to an aromatic ring is 1. The van der Waals surface area contributed by atoms with Crippen molar-refractivity contribution in [2.75, 3.05) is 10.6 Å². The van der Waals surface area contributed by atoms with Crippen LogP contribution in [0.15, 0.2) is 18.2 Å². The fraction of sp³-hybridized carbons (Fsp3) is 0.333. The van der Waals surface area contributed by atoms with Gasteiger partial charge >= 0.3 is 6.09 Å². The molecule has 0 fully saturated rings. The van der Waals surface area contributed by atoms with Gasteiger partial charge < -0.3 is 10.8 Å². The van der Waals surface area contributed by atoms with Crippen LogP contribution in [0.4, 0.5) is 15.6 Å². The molecule has 0 saturated carbocycles. The zero-order valence-corrected chi connectivity index (χ0v) is 11.3. The van der Waals surface area contributed by atoms with Gasteiger partial charge in [-0.1, -0.05) is 11.3 Å². The normalized spacial score (nSPS) is 11.7. The van der Waals surface area contributed by atoms with Gasteiger partial charge in [-0.05, 0) is 39.0 Å². The van der Waals surface area contributed by atoms with Crippen LogP contribution in [-0.2, 0) is 0 Å². The number of thiazole rings is 1. The van der Waals surface area contributed by atoms with E-state index < -0.39 is 11.6 Å². The molecule has 2 rings (SSSR count). The third-order valence-electron chi connectivity index (χ3n) is 2.45. The lowest BCUT2D eigenvalue weighted by atomic mass is 10.1. The first-order valence-electron chi connectivity index (χ1n) is 5.48. The van der Waals surface area contributed by atoms with Gasteiger partial charge in [-0.3, -0.25) is 0 Å². The highest BCUT2D eigenvalue weighted by atomic mass is 32.1. The Labute approximate surface area is 109 Å². The van der Waals surface area contributed by atoms with Crippen molar-refractivity contribution in [2.45, 2.75) is 26.3 Å². The predicted octanol–water partition coefficient (Wildman–Crippen LogP) is 3.16. The van der Waals surface area contributed by atoms with Gasteiger partial charge in [-0.15, -0.1) is 0 Å². The van der Waals surface area contributed by atoms with Crippen LogP contribution in [0.2, 0.25) is 0 Å². The van der Waals surface area contributed by atoms with E-state index in [4.69, 9.17) is 5.73 Å². The quantitative estimate of drug-likeness (QED) is 0.776.